The number of aromatic nitrogens is 2. The topological polar surface area (TPSA) is 91.7 Å². The van der Waals surface area contributed by atoms with E-state index in [-0.39, 0.29) is 18.9 Å². The van der Waals surface area contributed by atoms with Crippen LogP contribution in [0, 0.1) is 0 Å². The number of esters is 1. The number of rotatable bonds is 7. The minimum absolute atomic E-state index is 0.187. The van der Waals surface area contributed by atoms with Gasteiger partial charge in [0.05, 0.1) is 5.69 Å². The second kappa shape index (κ2) is 9.50. The van der Waals surface area contributed by atoms with E-state index in [9.17, 15) is 9.59 Å². The fourth-order valence-electron chi connectivity index (χ4n) is 3.56. The maximum atomic E-state index is 12.9. The zero-order valence-corrected chi connectivity index (χ0v) is 18.1. The first-order valence-electron chi connectivity index (χ1n) is 10.7. The lowest BCUT2D eigenvalue weighted by Crippen LogP contribution is -2.28. The van der Waals surface area contributed by atoms with E-state index in [0.717, 1.165) is 16.8 Å². The van der Waals surface area contributed by atoms with Gasteiger partial charge in [0, 0.05) is 18.3 Å². The third-order valence-electron chi connectivity index (χ3n) is 5.26. The van der Waals surface area contributed by atoms with Gasteiger partial charge in [-0.05, 0) is 29.8 Å². The monoisotopic (exact) mass is 455 g/mol. The van der Waals surface area contributed by atoms with Gasteiger partial charge >= 0.3 is 5.97 Å². The predicted molar refractivity (Wildman–Crippen MR) is 124 cm³/mol. The number of amides is 1. The highest BCUT2D eigenvalue weighted by atomic mass is 16.7. The molecule has 0 bridgehead atoms. The average molecular weight is 455 g/mol. The van der Waals surface area contributed by atoms with Crippen LogP contribution in [-0.4, -0.2) is 35.1 Å². The Bertz CT molecular complexity index is 1320. The fraction of sp³-hybridized carbons (Fsp3) is 0.115. The Morgan fingerprint density at radius 2 is 1.68 bits per heavy atom. The maximum absolute atomic E-state index is 12.9. The summed E-state index contributed by atoms with van der Waals surface area (Å²) < 4.78 is 17.6. The number of benzene rings is 3. The number of carbonyl (C=O) groups excluding carboxylic acids is 2. The van der Waals surface area contributed by atoms with E-state index in [1.54, 1.807) is 23.0 Å². The quantitative estimate of drug-likeness (QED) is 0.427. The van der Waals surface area contributed by atoms with Crippen molar-refractivity contribution < 1.29 is 23.8 Å². The minimum Gasteiger partial charge on any atom is -0.454 e. The molecule has 0 fully saturated rings. The summed E-state index contributed by atoms with van der Waals surface area (Å²) in [7, 11) is 0. The van der Waals surface area contributed by atoms with Gasteiger partial charge in [-0.25, -0.2) is 9.48 Å². The standard InChI is InChI=1S/C26H21N3O5/c30-24(27-14-18-11-12-22-23(13-18)34-17-33-22)16-32-26(31)21-15-29(20-9-5-2-6-10-20)28-25(21)19-7-3-1-4-8-19/h1-13,15H,14,16-17H2,(H,27,30). The molecule has 8 heteroatoms. The Hall–Kier alpha value is -4.59. The van der Waals surface area contributed by atoms with Gasteiger partial charge in [0.25, 0.3) is 5.91 Å². The SMILES string of the molecule is O=C(COC(=O)c1cn(-c2ccccc2)nc1-c1ccccc1)NCc1ccc2c(c1)OCO2. The van der Waals surface area contributed by atoms with Crippen molar-refractivity contribution >= 4 is 11.9 Å². The lowest BCUT2D eigenvalue weighted by Gasteiger charge is -2.07. The number of nitrogens with zero attached hydrogens (tertiary/aromatic N) is 2. The van der Waals surface area contributed by atoms with Gasteiger partial charge in [-0.1, -0.05) is 54.6 Å². The Morgan fingerprint density at radius 3 is 2.47 bits per heavy atom. The van der Waals surface area contributed by atoms with Crippen LogP contribution in [0.1, 0.15) is 15.9 Å². The maximum Gasteiger partial charge on any atom is 0.342 e. The molecule has 1 amide bonds. The van der Waals surface area contributed by atoms with Gasteiger partial charge in [0.15, 0.2) is 18.1 Å². The van der Waals surface area contributed by atoms with Crippen molar-refractivity contribution in [1.29, 1.82) is 0 Å². The summed E-state index contributed by atoms with van der Waals surface area (Å²) >= 11 is 0. The van der Waals surface area contributed by atoms with Crippen molar-refractivity contribution in [3.63, 3.8) is 0 Å². The van der Waals surface area contributed by atoms with E-state index in [4.69, 9.17) is 14.2 Å². The van der Waals surface area contributed by atoms with Crippen LogP contribution in [0.2, 0.25) is 0 Å². The molecule has 0 aliphatic carbocycles. The Kier molecular flexibility index (Phi) is 5.94. The van der Waals surface area contributed by atoms with Crippen molar-refractivity contribution in [1.82, 2.24) is 15.1 Å². The molecule has 4 aromatic rings. The molecular formula is C26H21N3O5. The molecule has 0 atom stereocenters. The minimum atomic E-state index is -0.626. The van der Waals surface area contributed by atoms with Gasteiger partial charge < -0.3 is 19.5 Å². The number of nitrogens with one attached hydrogen (secondary N) is 1. The smallest absolute Gasteiger partial charge is 0.342 e. The van der Waals surface area contributed by atoms with Gasteiger partial charge in [0.1, 0.15) is 11.3 Å². The number of ether oxygens (including phenoxy) is 3. The first-order valence-corrected chi connectivity index (χ1v) is 10.7. The number of para-hydroxylation sites is 1. The molecule has 0 saturated carbocycles. The van der Waals surface area contributed by atoms with Crippen LogP contribution in [0.25, 0.3) is 16.9 Å². The molecule has 0 unspecified atom stereocenters. The van der Waals surface area contributed by atoms with Crippen LogP contribution in [0.15, 0.2) is 85.1 Å². The van der Waals surface area contributed by atoms with Gasteiger partial charge in [-0.2, -0.15) is 5.10 Å². The van der Waals surface area contributed by atoms with Crippen molar-refractivity contribution in [2.45, 2.75) is 6.54 Å². The van der Waals surface area contributed by atoms with E-state index in [2.05, 4.69) is 10.4 Å². The summed E-state index contributed by atoms with van der Waals surface area (Å²) in [5, 5.41) is 7.34. The van der Waals surface area contributed by atoms with E-state index >= 15 is 0 Å². The second-order valence-electron chi connectivity index (χ2n) is 7.58. The van der Waals surface area contributed by atoms with Crippen molar-refractivity contribution in [3.8, 4) is 28.4 Å². The molecule has 170 valence electrons. The van der Waals surface area contributed by atoms with E-state index in [1.165, 1.54) is 0 Å². The molecule has 1 aliphatic heterocycles. The number of fused-ring (bicyclic) bond motifs is 1. The van der Waals surface area contributed by atoms with Gasteiger partial charge in [-0.3, -0.25) is 4.79 Å². The molecule has 0 spiro atoms. The molecule has 0 saturated heterocycles. The first kappa shape index (κ1) is 21.3. The molecule has 5 rings (SSSR count). The van der Waals surface area contributed by atoms with E-state index < -0.39 is 18.5 Å². The lowest BCUT2D eigenvalue weighted by molar-refractivity contribution is -0.124. The zero-order chi connectivity index (χ0) is 23.3. The first-order chi connectivity index (χ1) is 16.7. The highest BCUT2D eigenvalue weighted by molar-refractivity contribution is 5.97. The Labute approximate surface area is 195 Å². The van der Waals surface area contributed by atoms with Crippen LogP contribution in [0.3, 0.4) is 0 Å². The predicted octanol–water partition coefficient (Wildman–Crippen LogP) is 3.74. The second-order valence-corrected chi connectivity index (χ2v) is 7.58. The largest absolute Gasteiger partial charge is 0.454 e. The molecule has 1 aromatic heterocycles. The molecule has 2 heterocycles. The molecule has 34 heavy (non-hydrogen) atoms. The van der Waals surface area contributed by atoms with Gasteiger partial charge in [-0.15, -0.1) is 0 Å². The third-order valence-corrected chi connectivity index (χ3v) is 5.26. The molecular weight excluding hydrogens is 434 g/mol. The third kappa shape index (κ3) is 4.61. The summed E-state index contributed by atoms with van der Waals surface area (Å²) in [5.74, 6) is 0.276. The van der Waals surface area contributed by atoms with Gasteiger partial charge in [0.2, 0.25) is 6.79 Å². The van der Waals surface area contributed by atoms with Crippen LogP contribution in [-0.2, 0) is 16.1 Å². The Balaban J connectivity index is 1.26. The van der Waals surface area contributed by atoms with Crippen LogP contribution < -0.4 is 14.8 Å². The number of carbonyl (C=O) groups is 2. The van der Waals surface area contributed by atoms with Crippen LogP contribution in [0.4, 0.5) is 0 Å². The van der Waals surface area contributed by atoms with Crippen molar-refractivity contribution in [2.24, 2.45) is 0 Å². The molecule has 8 nitrogen and oxygen atoms in total. The Morgan fingerprint density at radius 1 is 0.941 bits per heavy atom. The molecule has 0 radical (unpaired) electrons. The highest BCUT2D eigenvalue weighted by Crippen LogP contribution is 2.32. The van der Waals surface area contributed by atoms with Crippen LogP contribution >= 0.6 is 0 Å². The molecule has 1 aliphatic rings. The summed E-state index contributed by atoms with van der Waals surface area (Å²) in [5.41, 5.74) is 3.19. The summed E-state index contributed by atoms with van der Waals surface area (Å²) in [4.78, 5) is 25.2. The average Bonchev–Trinajstić information content (AvgIpc) is 3.54. The highest BCUT2D eigenvalue weighted by Gasteiger charge is 2.21. The van der Waals surface area contributed by atoms with E-state index in [0.29, 0.717) is 17.2 Å². The number of hydrogen-bond acceptors (Lipinski definition) is 6. The summed E-state index contributed by atoms with van der Waals surface area (Å²) in [6, 6.07) is 24.3. The fourth-order valence-corrected chi connectivity index (χ4v) is 3.56. The molecule has 1 N–H and O–H groups in total. The van der Waals surface area contributed by atoms with E-state index in [1.807, 2.05) is 66.7 Å². The number of hydrogen-bond donors (Lipinski definition) is 1. The summed E-state index contributed by atoms with van der Waals surface area (Å²) in [6.07, 6.45) is 1.62. The lowest BCUT2D eigenvalue weighted by atomic mass is 10.1. The summed E-state index contributed by atoms with van der Waals surface area (Å²) in [6.45, 7) is 0.0509. The van der Waals surface area contributed by atoms with Crippen LogP contribution in [0.5, 0.6) is 11.5 Å². The van der Waals surface area contributed by atoms with Crippen molar-refractivity contribution in [2.75, 3.05) is 13.4 Å². The zero-order valence-electron chi connectivity index (χ0n) is 18.1. The van der Waals surface area contributed by atoms with Crippen molar-refractivity contribution in [3.05, 3.63) is 96.2 Å². The molecule has 3 aromatic carbocycles. The normalized spacial score (nSPS) is 11.8.